The Morgan fingerprint density at radius 2 is 1.78 bits per heavy atom. The maximum absolute atomic E-state index is 12.5. The van der Waals surface area contributed by atoms with Crippen molar-refractivity contribution in [3.63, 3.8) is 0 Å². The molecular formula is C22H17F3O2. The van der Waals surface area contributed by atoms with Crippen LogP contribution in [-0.4, -0.2) is 6.36 Å². The van der Waals surface area contributed by atoms with Crippen molar-refractivity contribution in [3.8, 4) is 17.1 Å². The van der Waals surface area contributed by atoms with E-state index < -0.39 is 6.36 Å². The standard InChI is InChI=1S/C22H17F3O2/c1-3-8-19(16-9-5-4-6-10-16)21-15(2)13-20(26-21)17-11-7-12-18(14-17)27-22(23,24)25/h3-14H,2H2,1H3/b8-3-,21-19-. The van der Waals surface area contributed by atoms with Gasteiger partial charge in [-0.05, 0) is 30.7 Å². The zero-order valence-corrected chi connectivity index (χ0v) is 14.6. The molecule has 2 nitrogen and oxygen atoms in total. The molecule has 0 amide bonds. The van der Waals surface area contributed by atoms with E-state index in [4.69, 9.17) is 4.42 Å². The van der Waals surface area contributed by atoms with E-state index in [1.54, 1.807) is 12.1 Å². The Balaban J connectivity index is 2.12. The third-order valence-electron chi connectivity index (χ3n) is 3.82. The molecular weight excluding hydrogens is 353 g/mol. The van der Waals surface area contributed by atoms with Crippen molar-refractivity contribution in [2.75, 3.05) is 0 Å². The molecule has 0 fully saturated rings. The lowest BCUT2D eigenvalue weighted by Gasteiger charge is -2.09. The topological polar surface area (TPSA) is 22.4 Å². The van der Waals surface area contributed by atoms with Gasteiger partial charge in [0.15, 0.2) is 0 Å². The molecule has 1 aromatic heterocycles. The van der Waals surface area contributed by atoms with Gasteiger partial charge in [-0.1, -0.05) is 61.2 Å². The van der Waals surface area contributed by atoms with Crippen LogP contribution in [0.25, 0.3) is 23.5 Å². The zero-order valence-electron chi connectivity index (χ0n) is 14.6. The molecule has 0 saturated heterocycles. The summed E-state index contributed by atoms with van der Waals surface area (Å²) >= 11 is 0. The Morgan fingerprint density at radius 1 is 1.04 bits per heavy atom. The van der Waals surface area contributed by atoms with Crippen molar-refractivity contribution in [2.45, 2.75) is 13.3 Å². The Bertz CT molecular complexity index is 1060. The van der Waals surface area contributed by atoms with Crippen molar-refractivity contribution >= 4 is 12.2 Å². The van der Waals surface area contributed by atoms with E-state index in [1.807, 2.05) is 49.4 Å². The molecule has 3 aromatic rings. The highest BCUT2D eigenvalue weighted by molar-refractivity contribution is 5.73. The zero-order chi connectivity index (χ0) is 19.4. The molecule has 0 aliphatic rings. The molecule has 0 radical (unpaired) electrons. The first-order valence-corrected chi connectivity index (χ1v) is 8.25. The second-order valence-electron chi connectivity index (χ2n) is 5.82. The van der Waals surface area contributed by atoms with Crippen LogP contribution >= 0.6 is 0 Å². The van der Waals surface area contributed by atoms with Crippen LogP contribution in [-0.2, 0) is 0 Å². The quantitative estimate of drug-likeness (QED) is 0.643. The molecule has 3 rings (SSSR count). The molecule has 1 heterocycles. The largest absolute Gasteiger partial charge is 0.573 e. The first-order valence-electron chi connectivity index (χ1n) is 8.25. The van der Waals surface area contributed by atoms with E-state index >= 15 is 0 Å². The summed E-state index contributed by atoms with van der Waals surface area (Å²) in [7, 11) is 0. The van der Waals surface area contributed by atoms with Crippen LogP contribution in [0.5, 0.6) is 5.75 Å². The predicted molar refractivity (Wildman–Crippen MR) is 99.4 cm³/mol. The number of allylic oxidation sites excluding steroid dienone is 2. The van der Waals surface area contributed by atoms with Crippen molar-refractivity contribution < 1.29 is 22.3 Å². The smallest absolute Gasteiger partial charge is 0.455 e. The lowest BCUT2D eigenvalue weighted by Crippen LogP contribution is -2.20. The van der Waals surface area contributed by atoms with E-state index in [-0.39, 0.29) is 5.75 Å². The SMILES string of the molecule is C=c1cc(-c2cccc(OC(F)(F)F)c2)o/c1=C(/C=C\C)c1ccccc1. The molecule has 5 heteroatoms. The van der Waals surface area contributed by atoms with Crippen LogP contribution < -0.4 is 15.4 Å². The number of hydrogen-bond acceptors (Lipinski definition) is 2. The molecule has 138 valence electrons. The molecule has 0 atom stereocenters. The minimum absolute atomic E-state index is 0.302. The summed E-state index contributed by atoms with van der Waals surface area (Å²) in [6.45, 7) is 5.91. The maximum Gasteiger partial charge on any atom is 0.573 e. The number of furan rings is 1. The monoisotopic (exact) mass is 370 g/mol. The average molecular weight is 370 g/mol. The van der Waals surface area contributed by atoms with E-state index in [0.29, 0.717) is 22.0 Å². The number of hydrogen-bond donors (Lipinski definition) is 0. The number of benzene rings is 2. The second-order valence-corrected chi connectivity index (χ2v) is 5.82. The molecule has 0 saturated carbocycles. The van der Waals surface area contributed by atoms with Gasteiger partial charge in [0.25, 0.3) is 0 Å². The summed E-state index contributed by atoms with van der Waals surface area (Å²) in [5.41, 5.74) is 2.84. The van der Waals surface area contributed by atoms with Gasteiger partial charge in [-0.15, -0.1) is 13.2 Å². The molecule has 0 spiro atoms. The van der Waals surface area contributed by atoms with Gasteiger partial charge in [-0.3, -0.25) is 0 Å². The fourth-order valence-electron chi connectivity index (χ4n) is 2.73. The highest BCUT2D eigenvalue weighted by Crippen LogP contribution is 2.27. The lowest BCUT2D eigenvalue weighted by molar-refractivity contribution is -0.274. The van der Waals surface area contributed by atoms with Crippen molar-refractivity contribution in [2.24, 2.45) is 0 Å². The Kier molecular flexibility index (Phi) is 5.21. The molecule has 0 aliphatic carbocycles. The summed E-state index contributed by atoms with van der Waals surface area (Å²) in [6, 6.07) is 17.0. The van der Waals surface area contributed by atoms with Crippen molar-refractivity contribution in [1.29, 1.82) is 0 Å². The minimum Gasteiger partial charge on any atom is -0.455 e. The van der Waals surface area contributed by atoms with Crippen LogP contribution in [0.15, 0.2) is 77.2 Å². The van der Waals surface area contributed by atoms with Crippen LogP contribution in [0, 0.1) is 0 Å². The number of alkyl halides is 3. The second kappa shape index (κ2) is 7.58. The van der Waals surface area contributed by atoms with E-state index in [9.17, 15) is 13.2 Å². The van der Waals surface area contributed by atoms with E-state index in [2.05, 4.69) is 11.3 Å². The Morgan fingerprint density at radius 3 is 2.44 bits per heavy atom. The van der Waals surface area contributed by atoms with Gasteiger partial charge in [0.1, 0.15) is 16.9 Å². The van der Waals surface area contributed by atoms with Gasteiger partial charge in [-0.25, -0.2) is 0 Å². The molecule has 0 bridgehead atoms. The van der Waals surface area contributed by atoms with Crippen LogP contribution in [0.2, 0.25) is 0 Å². The third kappa shape index (κ3) is 4.50. The molecule has 0 aliphatic heterocycles. The van der Waals surface area contributed by atoms with Crippen LogP contribution in [0.3, 0.4) is 0 Å². The predicted octanol–water partition coefficient (Wildman–Crippen LogP) is 5.03. The summed E-state index contributed by atoms with van der Waals surface area (Å²) in [5.74, 6) is 0.116. The molecule has 0 N–H and O–H groups in total. The van der Waals surface area contributed by atoms with Gasteiger partial charge in [-0.2, -0.15) is 0 Å². The Labute approximate surface area is 154 Å². The van der Waals surface area contributed by atoms with Crippen LogP contribution in [0.1, 0.15) is 12.5 Å². The fraction of sp³-hybridized carbons (Fsp3) is 0.0909. The van der Waals surface area contributed by atoms with Gasteiger partial charge >= 0.3 is 6.36 Å². The average Bonchev–Trinajstić information content (AvgIpc) is 3.01. The highest BCUT2D eigenvalue weighted by atomic mass is 19.4. The first kappa shape index (κ1) is 18.6. The van der Waals surface area contributed by atoms with E-state index in [1.165, 1.54) is 18.2 Å². The minimum atomic E-state index is -4.75. The lowest BCUT2D eigenvalue weighted by atomic mass is 10.1. The van der Waals surface area contributed by atoms with Crippen LogP contribution in [0.4, 0.5) is 13.2 Å². The number of ether oxygens (including phenoxy) is 1. The van der Waals surface area contributed by atoms with Gasteiger partial charge in [0, 0.05) is 16.4 Å². The normalized spacial score (nSPS) is 13.0. The van der Waals surface area contributed by atoms with Gasteiger partial charge in [0.05, 0.1) is 0 Å². The summed E-state index contributed by atoms with van der Waals surface area (Å²) in [5, 5.41) is 0.643. The summed E-state index contributed by atoms with van der Waals surface area (Å²) in [4.78, 5) is 0. The first-order chi connectivity index (χ1) is 12.9. The fourth-order valence-corrected chi connectivity index (χ4v) is 2.73. The molecule has 27 heavy (non-hydrogen) atoms. The summed E-state index contributed by atoms with van der Waals surface area (Å²) in [6.07, 6.45) is -0.942. The summed E-state index contributed by atoms with van der Waals surface area (Å²) < 4.78 is 47.3. The molecule has 0 unspecified atom stereocenters. The number of halogens is 3. The van der Waals surface area contributed by atoms with Crippen molar-refractivity contribution in [3.05, 3.63) is 89.0 Å². The highest BCUT2D eigenvalue weighted by Gasteiger charge is 2.31. The van der Waals surface area contributed by atoms with Crippen molar-refractivity contribution in [1.82, 2.24) is 0 Å². The van der Waals surface area contributed by atoms with Gasteiger partial charge in [0.2, 0.25) is 0 Å². The molecule has 2 aromatic carbocycles. The number of rotatable bonds is 4. The third-order valence-corrected chi connectivity index (χ3v) is 3.82. The Hall–Kier alpha value is -3.21. The van der Waals surface area contributed by atoms with E-state index in [0.717, 1.165) is 11.1 Å². The van der Waals surface area contributed by atoms with Gasteiger partial charge < -0.3 is 9.15 Å². The maximum atomic E-state index is 12.5.